The Morgan fingerprint density at radius 3 is 2.63 bits per heavy atom. The van der Waals surface area contributed by atoms with Crippen LogP contribution in [0, 0.1) is 0 Å². The smallest absolute Gasteiger partial charge is 0.337 e. The van der Waals surface area contributed by atoms with Crippen molar-refractivity contribution in [3.05, 3.63) is 69.5 Å². The monoisotopic (exact) mass is 552 g/mol. The first-order chi connectivity index (χ1) is 18.4. The summed E-state index contributed by atoms with van der Waals surface area (Å²) in [6, 6.07) is 11.6. The topological polar surface area (TPSA) is 74.7 Å². The molecule has 198 valence electrons. The summed E-state index contributed by atoms with van der Waals surface area (Å²) in [5, 5.41) is 15.9. The largest absolute Gasteiger partial charge is 0.478 e. The third-order valence-electron chi connectivity index (χ3n) is 7.80. The molecular formula is C29H30Cl2N4O3. The van der Waals surface area contributed by atoms with E-state index in [0.29, 0.717) is 21.5 Å². The second kappa shape index (κ2) is 10.3. The average molecular weight is 553 g/mol. The van der Waals surface area contributed by atoms with E-state index in [1.165, 1.54) is 0 Å². The number of anilines is 1. The predicted molar refractivity (Wildman–Crippen MR) is 151 cm³/mol. The molecular weight excluding hydrogens is 523 g/mol. The predicted octanol–water partition coefficient (Wildman–Crippen LogP) is 6.47. The molecule has 0 unspecified atom stereocenters. The molecule has 1 aliphatic heterocycles. The quantitative estimate of drug-likeness (QED) is 0.283. The molecule has 1 N–H and O–H groups in total. The van der Waals surface area contributed by atoms with Crippen LogP contribution in [0.2, 0.25) is 10.0 Å². The van der Waals surface area contributed by atoms with Crippen molar-refractivity contribution in [2.24, 2.45) is 7.05 Å². The minimum Gasteiger partial charge on any atom is -0.478 e. The van der Waals surface area contributed by atoms with Gasteiger partial charge in [0.05, 0.1) is 21.1 Å². The summed E-state index contributed by atoms with van der Waals surface area (Å²) in [4.78, 5) is 16.5. The molecule has 7 nitrogen and oxygen atoms in total. The average Bonchev–Trinajstić information content (AvgIpc) is 3.63. The number of hydrogen-bond acceptors (Lipinski definition) is 5. The molecule has 2 fully saturated rings. The number of rotatable bonds is 7. The third-order valence-corrected chi connectivity index (χ3v) is 8.43. The molecule has 1 aliphatic carbocycles. The van der Waals surface area contributed by atoms with E-state index in [1.54, 1.807) is 6.20 Å². The molecule has 3 heterocycles. The summed E-state index contributed by atoms with van der Waals surface area (Å²) in [7, 11) is 1.90. The molecule has 2 aromatic carbocycles. The van der Waals surface area contributed by atoms with Crippen LogP contribution in [0.25, 0.3) is 22.2 Å². The molecule has 9 heteroatoms. The fraction of sp³-hybridized carbons (Fsp3) is 0.379. The zero-order chi connectivity index (χ0) is 26.4. The molecule has 0 spiro atoms. The van der Waals surface area contributed by atoms with E-state index in [0.717, 1.165) is 97.6 Å². The number of hydrogen-bond donors (Lipinski definition) is 1. The van der Waals surface area contributed by atoms with Gasteiger partial charge in [-0.15, -0.1) is 0 Å². The van der Waals surface area contributed by atoms with Crippen LogP contribution in [-0.2, 0) is 13.5 Å². The Morgan fingerprint density at radius 1 is 1.11 bits per heavy atom. The van der Waals surface area contributed by atoms with Crippen LogP contribution < -0.4 is 4.90 Å². The number of aromatic carboxylic acids is 1. The van der Waals surface area contributed by atoms with E-state index in [9.17, 15) is 9.90 Å². The van der Waals surface area contributed by atoms with E-state index in [1.807, 2.05) is 41.9 Å². The molecule has 1 saturated carbocycles. The first-order valence-electron chi connectivity index (χ1n) is 13.1. The van der Waals surface area contributed by atoms with Gasteiger partial charge in [-0.1, -0.05) is 34.4 Å². The lowest BCUT2D eigenvalue weighted by Gasteiger charge is -2.24. The van der Waals surface area contributed by atoms with Crippen LogP contribution in [0.3, 0.4) is 0 Å². The van der Waals surface area contributed by atoms with Gasteiger partial charge in [-0.3, -0.25) is 0 Å². The van der Waals surface area contributed by atoms with Crippen LogP contribution in [0.1, 0.15) is 46.9 Å². The van der Waals surface area contributed by atoms with Gasteiger partial charge in [-0.05, 0) is 62.6 Å². The van der Waals surface area contributed by atoms with Crippen LogP contribution in [0.4, 0.5) is 5.69 Å². The maximum Gasteiger partial charge on any atom is 0.337 e. The molecule has 38 heavy (non-hydrogen) atoms. The molecule has 0 amide bonds. The van der Waals surface area contributed by atoms with Gasteiger partial charge < -0.3 is 24.0 Å². The van der Waals surface area contributed by atoms with Crippen molar-refractivity contribution in [1.82, 2.24) is 14.6 Å². The fourth-order valence-corrected chi connectivity index (χ4v) is 6.19. The summed E-state index contributed by atoms with van der Waals surface area (Å²) in [6.07, 6.45) is 5.84. The Hall–Kier alpha value is -3.00. The highest BCUT2D eigenvalue weighted by molar-refractivity contribution is 6.39. The number of aromatic nitrogens is 2. The molecule has 0 atom stereocenters. The second-order valence-corrected chi connectivity index (χ2v) is 11.2. The van der Waals surface area contributed by atoms with E-state index >= 15 is 0 Å². The lowest BCUT2D eigenvalue weighted by molar-refractivity contribution is 0.0699. The first-order valence-corrected chi connectivity index (χ1v) is 13.9. The van der Waals surface area contributed by atoms with E-state index in [4.69, 9.17) is 27.7 Å². The first kappa shape index (κ1) is 25.3. The van der Waals surface area contributed by atoms with Gasteiger partial charge in [-0.25, -0.2) is 4.79 Å². The number of carboxylic acids is 1. The number of carbonyl (C=O) groups is 1. The highest BCUT2D eigenvalue weighted by Gasteiger charge is 2.33. The summed E-state index contributed by atoms with van der Waals surface area (Å²) < 4.78 is 7.75. The standard InChI is InChI=1S/C29H30Cl2N4O3/c1-33-17-22(29(36)37)20-9-8-19(16-25(20)33)35-12-3-11-34(14-15-35)13-10-21-27(32-38-28(21)18-6-7-18)26-23(30)4-2-5-24(26)31/h2,4-5,8-9,16-18H,3,6-7,10-15H2,1H3,(H,36,37). The molecule has 0 bridgehead atoms. The van der Waals surface area contributed by atoms with Crippen molar-refractivity contribution in [3.63, 3.8) is 0 Å². The molecule has 2 aromatic heterocycles. The third kappa shape index (κ3) is 4.79. The van der Waals surface area contributed by atoms with Crippen molar-refractivity contribution in [2.75, 3.05) is 37.6 Å². The van der Waals surface area contributed by atoms with E-state index in [2.05, 4.69) is 21.0 Å². The second-order valence-electron chi connectivity index (χ2n) is 10.3. The van der Waals surface area contributed by atoms with Crippen LogP contribution in [-0.4, -0.2) is 58.4 Å². The van der Waals surface area contributed by atoms with Crippen LogP contribution in [0.15, 0.2) is 47.1 Å². The maximum atomic E-state index is 11.6. The Morgan fingerprint density at radius 2 is 1.89 bits per heavy atom. The van der Waals surface area contributed by atoms with E-state index < -0.39 is 5.97 Å². The SMILES string of the molecule is Cn1cc(C(=O)O)c2ccc(N3CCCN(CCc4c(-c5c(Cl)cccc5Cl)noc4C4CC4)CC3)cc21. The van der Waals surface area contributed by atoms with Crippen molar-refractivity contribution < 1.29 is 14.4 Å². The van der Waals surface area contributed by atoms with Gasteiger partial charge in [0.1, 0.15) is 11.5 Å². The van der Waals surface area contributed by atoms with Crippen LogP contribution in [0.5, 0.6) is 0 Å². The molecule has 2 aliphatic rings. The van der Waals surface area contributed by atoms with Gasteiger partial charge in [0, 0.05) is 67.5 Å². The molecule has 1 saturated heterocycles. The van der Waals surface area contributed by atoms with Crippen molar-refractivity contribution in [2.45, 2.75) is 31.6 Å². The highest BCUT2D eigenvalue weighted by atomic mass is 35.5. The number of fused-ring (bicyclic) bond motifs is 1. The Labute approximate surface area is 231 Å². The lowest BCUT2D eigenvalue weighted by atomic mass is 10.0. The van der Waals surface area contributed by atoms with Crippen molar-refractivity contribution in [1.29, 1.82) is 0 Å². The van der Waals surface area contributed by atoms with Crippen molar-refractivity contribution in [3.8, 4) is 11.3 Å². The lowest BCUT2D eigenvalue weighted by Crippen LogP contribution is -2.32. The summed E-state index contributed by atoms with van der Waals surface area (Å²) in [5.74, 6) is 0.539. The number of halogens is 2. The van der Waals surface area contributed by atoms with Crippen LogP contribution >= 0.6 is 23.2 Å². The van der Waals surface area contributed by atoms with E-state index in [-0.39, 0.29) is 0 Å². The number of carboxylic acid groups (broad SMARTS) is 1. The minimum atomic E-state index is -0.897. The summed E-state index contributed by atoms with van der Waals surface area (Å²) >= 11 is 13.1. The van der Waals surface area contributed by atoms with Gasteiger partial charge in [0.15, 0.2) is 0 Å². The minimum absolute atomic E-state index is 0.341. The number of benzene rings is 2. The Bertz CT molecular complexity index is 1490. The Balaban J connectivity index is 1.17. The van der Waals surface area contributed by atoms with Crippen molar-refractivity contribution >= 4 is 45.8 Å². The highest BCUT2D eigenvalue weighted by Crippen LogP contribution is 2.46. The maximum absolute atomic E-state index is 11.6. The summed E-state index contributed by atoms with van der Waals surface area (Å²) in [5.41, 5.74) is 5.07. The zero-order valence-corrected chi connectivity index (χ0v) is 22.8. The Kier molecular flexibility index (Phi) is 6.84. The number of aryl methyl sites for hydroxylation is 1. The molecule has 4 aromatic rings. The zero-order valence-electron chi connectivity index (χ0n) is 21.3. The molecule has 6 rings (SSSR count). The van der Waals surface area contributed by atoms with Gasteiger partial charge >= 0.3 is 5.97 Å². The van der Waals surface area contributed by atoms with Gasteiger partial charge in [0.2, 0.25) is 0 Å². The summed E-state index contributed by atoms with van der Waals surface area (Å²) in [6.45, 7) is 4.72. The van der Waals surface area contributed by atoms with Gasteiger partial charge in [0.25, 0.3) is 0 Å². The molecule has 0 radical (unpaired) electrons. The number of nitrogens with zero attached hydrogens (tertiary/aromatic N) is 4. The normalized spacial score (nSPS) is 16.8. The fourth-order valence-electron chi connectivity index (χ4n) is 5.61. The van der Waals surface area contributed by atoms with Gasteiger partial charge in [-0.2, -0.15) is 0 Å².